The highest BCUT2D eigenvalue weighted by molar-refractivity contribution is 7.10. The number of carbonyl (C=O) groups is 2. The zero-order valence-electron chi connectivity index (χ0n) is 12.5. The van der Waals surface area contributed by atoms with Crippen molar-refractivity contribution in [2.75, 3.05) is 13.6 Å². The van der Waals surface area contributed by atoms with Crippen molar-refractivity contribution in [1.29, 1.82) is 0 Å². The Morgan fingerprint density at radius 2 is 2.19 bits per heavy atom. The number of likely N-dealkylation sites (tertiary alicyclic amines) is 1. The lowest BCUT2D eigenvalue weighted by Gasteiger charge is -2.34. The topological polar surface area (TPSA) is 60.9 Å². The molecule has 2 atom stereocenters. The summed E-state index contributed by atoms with van der Waals surface area (Å²) < 4.78 is 0. The van der Waals surface area contributed by atoms with E-state index >= 15 is 0 Å². The third-order valence-corrected chi connectivity index (χ3v) is 5.16. The Morgan fingerprint density at radius 3 is 2.81 bits per heavy atom. The number of carboxylic acid groups (broad SMARTS) is 1. The van der Waals surface area contributed by atoms with Gasteiger partial charge in [-0.2, -0.15) is 0 Å². The Kier molecular flexibility index (Phi) is 5.22. The highest BCUT2D eigenvalue weighted by Crippen LogP contribution is 2.26. The van der Waals surface area contributed by atoms with E-state index in [-0.39, 0.29) is 12.1 Å². The smallest absolute Gasteiger partial charge is 0.326 e. The van der Waals surface area contributed by atoms with Crippen LogP contribution in [0.4, 0.5) is 4.79 Å². The van der Waals surface area contributed by atoms with Gasteiger partial charge in [0, 0.05) is 18.5 Å². The molecule has 1 fully saturated rings. The van der Waals surface area contributed by atoms with Crippen LogP contribution in [-0.2, 0) is 4.79 Å². The molecule has 1 aliphatic heterocycles. The number of urea groups is 1. The normalized spacial score (nSPS) is 20.7. The number of hydrogen-bond donors (Lipinski definition) is 1. The number of hydrogen-bond acceptors (Lipinski definition) is 3. The van der Waals surface area contributed by atoms with Crippen LogP contribution in [-0.4, -0.2) is 46.5 Å². The number of amides is 2. The van der Waals surface area contributed by atoms with Crippen molar-refractivity contribution in [1.82, 2.24) is 9.80 Å². The number of thiophene rings is 1. The first kappa shape index (κ1) is 15.8. The van der Waals surface area contributed by atoms with Gasteiger partial charge in [-0.1, -0.05) is 18.9 Å². The van der Waals surface area contributed by atoms with Gasteiger partial charge in [0.25, 0.3) is 0 Å². The highest BCUT2D eigenvalue weighted by atomic mass is 32.1. The summed E-state index contributed by atoms with van der Waals surface area (Å²) in [5.41, 5.74) is 0. The van der Waals surface area contributed by atoms with E-state index in [9.17, 15) is 14.7 Å². The summed E-state index contributed by atoms with van der Waals surface area (Å²) in [4.78, 5) is 28.4. The van der Waals surface area contributed by atoms with Crippen molar-refractivity contribution in [2.24, 2.45) is 0 Å². The fraction of sp³-hybridized carbons (Fsp3) is 0.600. The van der Waals surface area contributed by atoms with Gasteiger partial charge in [-0.15, -0.1) is 11.3 Å². The molecule has 2 rings (SSSR count). The van der Waals surface area contributed by atoms with Gasteiger partial charge in [-0.3, -0.25) is 0 Å². The number of aliphatic carboxylic acids is 1. The standard InChI is InChI=1S/C15H22N2O3S/c1-11(13-8-6-10-21-13)16(2)15(20)17-9-5-3-4-7-12(17)14(18)19/h6,8,10-12H,3-5,7,9H2,1-2H3,(H,18,19). The molecule has 116 valence electrons. The van der Waals surface area contributed by atoms with Crippen LogP contribution in [0.25, 0.3) is 0 Å². The van der Waals surface area contributed by atoms with Gasteiger partial charge in [0.15, 0.2) is 0 Å². The summed E-state index contributed by atoms with van der Waals surface area (Å²) in [7, 11) is 1.75. The van der Waals surface area contributed by atoms with Crippen LogP contribution in [0.15, 0.2) is 17.5 Å². The lowest BCUT2D eigenvalue weighted by molar-refractivity contribution is -0.142. The van der Waals surface area contributed by atoms with E-state index in [1.807, 2.05) is 24.4 Å². The molecule has 0 saturated carbocycles. The minimum Gasteiger partial charge on any atom is -0.480 e. The number of rotatable bonds is 3. The molecule has 0 spiro atoms. The minimum absolute atomic E-state index is 0.0461. The van der Waals surface area contributed by atoms with Crippen LogP contribution in [0.1, 0.15) is 43.5 Å². The van der Waals surface area contributed by atoms with Gasteiger partial charge in [-0.05, 0) is 31.2 Å². The van der Waals surface area contributed by atoms with Crippen molar-refractivity contribution < 1.29 is 14.7 Å². The zero-order valence-corrected chi connectivity index (χ0v) is 13.3. The Hall–Kier alpha value is -1.56. The zero-order chi connectivity index (χ0) is 15.4. The number of nitrogens with zero attached hydrogens (tertiary/aromatic N) is 2. The molecule has 1 N–H and O–H groups in total. The third kappa shape index (κ3) is 3.56. The van der Waals surface area contributed by atoms with Gasteiger partial charge in [-0.25, -0.2) is 9.59 Å². The van der Waals surface area contributed by atoms with E-state index < -0.39 is 12.0 Å². The predicted molar refractivity (Wildman–Crippen MR) is 82.5 cm³/mol. The molecule has 1 aromatic heterocycles. The first-order valence-corrected chi connectivity index (χ1v) is 8.20. The van der Waals surface area contributed by atoms with Crippen LogP contribution in [0.3, 0.4) is 0 Å². The SMILES string of the molecule is CC(c1cccs1)N(C)C(=O)N1CCCCCC1C(=O)O. The molecular weight excluding hydrogens is 288 g/mol. The van der Waals surface area contributed by atoms with Crippen LogP contribution >= 0.6 is 11.3 Å². The average Bonchev–Trinajstić information content (AvgIpc) is 2.88. The largest absolute Gasteiger partial charge is 0.480 e. The molecule has 21 heavy (non-hydrogen) atoms. The van der Waals surface area contributed by atoms with E-state index in [4.69, 9.17) is 0 Å². The van der Waals surface area contributed by atoms with Crippen molar-refractivity contribution >= 4 is 23.3 Å². The first-order chi connectivity index (χ1) is 10.0. The van der Waals surface area contributed by atoms with Gasteiger partial charge in [0.2, 0.25) is 0 Å². The molecule has 1 aliphatic rings. The summed E-state index contributed by atoms with van der Waals surface area (Å²) in [5, 5.41) is 11.4. The van der Waals surface area contributed by atoms with Crippen LogP contribution < -0.4 is 0 Å². The fourth-order valence-corrected chi connectivity index (χ4v) is 3.51. The lowest BCUT2D eigenvalue weighted by Crippen LogP contribution is -2.50. The van der Waals surface area contributed by atoms with Crippen molar-refractivity contribution in [2.45, 2.75) is 44.7 Å². The van der Waals surface area contributed by atoms with E-state index in [1.54, 1.807) is 23.3 Å². The van der Waals surface area contributed by atoms with Gasteiger partial charge in [0.1, 0.15) is 6.04 Å². The lowest BCUT2D eigenvalue weighted by atomic mass is 10.1. The van der Waals surface area contributed by atoms with E-state index in [0.29, 0.717) is 13.0 Å². The van der Waals surface area contributed by atoms with Gasteiger partial charge in [0.05, 0.1) is 6.04 Å². The van der Waals surface area contributed by atoms with Crippen LogP contribution in [0.2, 0.25) is 0 Å². The summed E-state index contributed by atoms with van der Waals surface area (Å²) in [6.07, 6.45) is 3.27. The molecule has 2 heterocycles. The Labute approximate surface area is 129 Å². The number of carboxylic acids is 1. The van der Waals surface area contributed by atoms with E-state index in [1.165, 1.54) is 4.90 Å². The summed E-state index contributed by atoms with van der Waals surface area (Å²) in [5.74, 6) is -0.901. The quantitative estimate of drug-likeness (QED) is 0.932. The predicted octanol–water partition coefficient (Wildman–Crippen LogP) is 3.19. The molecule has 5 nitrogen and oxygen atoms in total. The highest BCUT2D eigenvalue weighted by Gasteiger charge is 2.33. The second-order valence-corrected chi connectivity index (χ2v) is 6.46. The molecule has 6 heteroatoms. The summed E-state index contributed by atoms with van der Waals surface area (Å²) >= 11 is 1.61. The molecule has 1 saturated heterocycles. The second kappa shape index (κ2) is 6.93. The molecule has 0 aliphatic carbocycles. The Morgan fingerprint density at radius 1 is 1.43 bits per heavy atom. The molecule has 2 amide bonds. The molecule has 0 bridgehead atoms. The van der Waals surface area contributed by atoms with Crippen LogP contribution in [0, 0.1) is 0 Å². The van der Waals surface area contributed by atoms with Gasteiger partial charge < -0.3 is 14.9 Å². The maximum atomic E-state index is 12.7. The maximum Gasteiger partial charge on any atom is 0.326 e. The fourth-order valence-electron chi connectivity index (χ4n) is 2.68. The van der Waals surface area contributed by atoms with E-state index in [0.717, 1.165) is 24.1 Å². The maximum absolute atomic E-state index is 12.7. The van der Waals surface area contributed by atoms with Crippen molar-refractivity contribution in [3.05, 3.63) is 22.4 Å². The molecule has 0 aromatic carbocycles. The van der Waals surface area contributed by atoms with Crippen LogP contribution in [0.5, 0.6) is 0 Å². The second-order valence-electron chi connectivity index (χ2n) is 5.48. The minimum atomic E-state index is -0.901. The van der Waals surface area contributed by atoms with Crippen molar-refractivity contribution in [3.8, 4) is 0 Å². The van der Waals surface area contributed by atoms with E-state index in [2.05, 4.69) is 0 Å². The summed E-state index contributed by atoms with van der Waals surface area (Å²) in [6, 6.07) is 3.02. The molecule has 2 unspecified atom stereocenters. The Bertz CT molecular complexity index is 489. The molecule has 0 radical (unpaired) electrons. The van der Waals surface area contributed by atoms with Gasteiger partial charge >= 0.3 is 12.0 Å². The third-order valence-electron chi connectivity index (χ3n) is 4.12. The number of carbonyl (C=O) groups excluding carboxylic acids is 1. The summed E-state index contributed by atoms with van der Waals surface area (Å²) in [6.45, 7) is 2.49. The Balaban J connectivity index is 2.13. The van der Waals surface area contributed by atoms with Crippen molar-refractivity contribution in [3.63, 3.8) is 0 Å². The molecule has 1 aromatic rings. The average molecular weight is 310 g/mol. The first-order valence-electron chi connectivity index (χ1n) is 7.32. The monoisotopic (exact) mass is 310 g/mol. The molecular formula is C15H22N2O3S.